The Bertz CT molecular complexity index is 546. The van der Waals surface area contributed by atoms with Crippen LogP contribution in [0.3, 0.4) is 0 Å². The fourth-order valence-electron chi connectivity index (χ4n) is 2.46. The van der Waals surface area contributed by atoms with E-state index in [1.54, 1.807) is 18.2 Å². The molecule has 1 aromatic rings. The predicted molar refractivity (Wildman–Crippen MR) is 89.0 cm³/mol. The van der Waals surface area contributed by atoms with Crippen LogP contribution in [-0.4, -0.2) is 17.3 Å². The zero-order chi connectivity index (χ0) is 15.1. The smallest absolute Gasteiger partial charge is 0.200 e. The van der Waals surface area contributed by atoms with Crippen molar-refractivity contribution in [1.29, 1.82) is 0 Å². The van der Waals surface area contributed by atoms with E-state index in [1.165, 1.54) is 49.9 Å². The number of Topliss-reactive ketones (excluding diaryl/α,β-unsaturated/α-hetero) is 1. The molecule has 0 spiro atoms. The number of unbranched alkanes of at least 4 members (excludes halogenated alkanes) is 5. The number of benzene rings is 1. The van der Waals surface area contributed by atoms with Gasteiger partial charge < -0.3 is 0 Å². The Balaban J connectivity index is 1.82. The van der Waals surface area contributed by atoms with Crippen LogP contribution < -0.4 is 0 Å². The van der Waals surface area contributed by atoms with Crippen LogP contribution in [0.2, 0.25) is 0 Å². The summed E-state index contributed by atoms with van der Waals surface area (Å²) >= 11 is 1.53. The van der Waals surface area contributed by atoms with E-state index in [2.05, 4.69) is 6.92 Å². The van der Waals surface area contributed by atoms with Crippen molar-refractivity contribution >= 4 is 23.3 Å². The molecular formula is C18H22O2S. The number of thioether (sulfide) groups is 1. The van der Waals surface area contributed by atoms with Gasteiger partial charge in [-0.05, 0) is 12.2 Å². The number of ketones is 2. The van der Waals surface area contributed by atoms with Gasteiger partial charge in [0.1, 0.15) is 0 Å². The molecule has 0 N–H and O–H groups in total. The molecule has 0 aliphatic heterocycles. The van der Waals surface area contributed by atoms with E-state index in [-0.39, 0.29) is 11.6 Å². The summed E-state index contributed by atoms with van der Waals surface area (Å²) in [5.41, 5.74) is 1.09. The van der Waals surface area contributed by atoms with E-state index in [9.17, 15) is 9.59 Å². The van der Waals surface area contributed by atoms with Gasteiger partial charge in [-0.3, -0.25) is 9.59 Å². The van der Waals surface area contributed by atoms with E-state index in [4.69, 9.17) is 0 Å². The average molecular weight is 302 g/mol. The maximum absolute atomic E-state index is 12.3. The van der Waals surface area contributed by atoms with E-state index < -0.39 is 0 Å². The molecule has 1 aromatic carbocycles. The summed E-state index contributed by atoms with van der Waals surface area (Å²) in [6.07, 6.45) is 8.96. The van der Waals surface area contributed by atoms with Gasteiger partial charge in [-0.15, -0.1) is 11.8 Å². The number of fused-ring (bicyclic) bond motifs is 1. The second kappa shape index (κ2) is 8.18. The second-order valence-electron chi connectivity index (χ2n) is 5.36. The van der Waals surface area contributed by atoms with Crippen LogP contribution >= 0.6 is 11.8 Å². The maximum atomic E-state index is 12.3. The van der Waals surface area contributed by atoms with Crippen molar-refractivity contribution in [2.75, 3.05) is 5.75 Å². The molecular weight excluding hydrogens is 280 g/mol. The van der Waals surface area contributed by atoms with Crippen LogP contribution in [0, 0.1) is 0 Å². The predicted octanol–water partition coefficient (Wildman–Crippen LogP) is 5.04. The third-order valence-corrected chi connectivity index (χ3v) is 4.79. The van der Waals surface area contributed by atoms with Crippen molar-refractivity contribution < 1.29 is 9.59 Å². The largest absolute Gasteiger partial charge is 0.289 e. The number of carbonyl (C=O) groups is 2. The van der Waals surface area contributed by atoms with Gasteiger partial charge in [0.2, 0.25) is 0 Å². The van der Waals surface area contributed by atoms with Crippen LogP contribution in [0.25, 0.3) is 0 Å². The van der Waals surface area contributed by atoms with E-state index in [1.807, 2.05) is 6.07 Å². The third kappa shape index (κ3) is 4.31. The lowest BCUT2D eigenvalue weighted by Crippen LogP contribution is -2.15. The number of hydrogen-bond donors (Lipinski definition) is 0. The molecule has 1 aliphatic rings. The Morgan fingerprint density at radius 3 is 2.33 bits per heavy atom. The van der Waals surface area contributed by atoms with Crippen molar-refractivity contribution in [3.63, 3.8) is 0 Å². The first-order chi connectivity index (χ1) is 10.2. The Morgan fingerprint density at radius 1 is 0.905 bits per heavy atom. The molecule has 0 bridgehead atoms. The van der Waals surface area contributed by atoms with Gasteiger partial charge >= 0.3 is 0 Å². The summed E-state index contributed by atoms with van der Waals surface area (Å²) < 4.78 is 0. The number of rotatable bonds is 8. The Morgan fingerprint density at radius 2 is 1.57 bits per heavy atom. The van der Waals surface area contributed by atoms with Crippen molar-refractivity contribution in [3.05, 3.63) is 46.4 Å². The molecule has 0 radical (unpaired) electrons. The minimum absolute atomic E-state index is 0.00110. The van der Waals surface area contributed by atoms with Gasteiger partial charge in [-0.2, -0.15) is 0 Å². The van der Waals surface area contributed by atoms with Gasteiger partial charge in [-0.1, -0.05) is 63.3 Å². The van der Waals surface area contributed by atoms with Gasteiger partial charge in [0, 0.05) is 17.2 Å². The maximum Gasteiger partial charge on any atom is 0.200 e. The fraction of sp³-hybridized carbons (Fsp3) is 0.444. The van der Waals surface area contributed by atoms with E-state index in [0.717, 1.165) is 12.2 Å². The average Bonchev–Trinajstić information content (AvgIpc) is 2.51. The summed E-state index contributed by atoms with van der Waals surface area (Å²) in [4.78, 5) is 24.9. The molecule has 0 amide bonds. The molecule has 0 saturated carbocycles. The van der Waals surface area contributed by atoms with Crippen LogP contribution in [0.4, 0.5) is 0 Å². The summed E-state index contributed by atoms with van der Waals surface area (Å²) in [6.45, 7) is 2.21. The first kappa shape index (κ1) is 16.0. The summed E-state index contributed by atoms with van der Waals surface area (Å²) in [5, 5.41) is 0. The Labute approximate surface area is 131 Å². The number of allylic oxidation sites excluding steroid dienone is 2. The van der Waals surface area contributed by atoms with E-state index in [0.29, 0.717) is 16.0 Å². The van der Waals surface area contributed by atoms with Crippen LogP contribution in [0.15, 0.2) is 35.2 Å². The van der Waals surface area contributed by atoms with Crippen molar-refractivity contribution in [3.8, 4) is 0 Å². The molecule has 0 atom stereocenters. The topological polar surface area (TPSA) is 34.1 Å². The van der Waals surface area contributed by atoms with E-state index >= 15 is 0 Å². The minimum atomic E-state index is -0.0457. The molecule has 112 valence electrons. The van der Waals surface area contributed by atoms with Gasteiger partial charge in [0.05, 0.1) is 4.91 Å². The zero-order valence-corrected chi connectivity index (χ0v) is 13.4. The van der Waals surface area contributed by atoms with Crippen molar-refractivity contribution in [2.24, 2.45) is 0 Å². The molecule has 0 saturated heterocycles. The SMILES string of the molecule is CCCCCCCCSC1=CC(=O)c2ccccc2C1=O. The summed E-state index contributed by atoms with van der Waals surface area (Å²) in [7, 11) is 0. The Hall–Kier alpha value is -1.35. The molecule has 0 fully saturated rings. The first-order valence-corrected chi connectivity index (χ1v) is 8.75. The lowest BCUT2D eigenvalue weighted by molar-refractivity contribution is 0.0991. The normalized spacial score (nSPS) is 14.0. The highest BCUT2D eigenvalue weighted by Gasteiger charge is 2.24. The standard InChI is InChI=1S/C18H22O2S/c1-2-3-4-5-6-9-12-21-17-13-16(19)14-10-7-8-11-15(14)18(17)20/h7-8,10-11,13H,2-6,9,12H2,1H3. The lowest BCUT2D eigenvalue weighted by atomic mass is 9.95. The van der Waals surface area contributed by atoms with Gasteiger partial charge in [-0.25, -0.2) is 0 Å². The lowest BCUT2D eigenvalue weighted by Gasteiger charge is -2.14. The quantitative estimate of drug-likeness (QED) is 0.631. The molecule has 21 heavy (non-hydrogen) atoms. The minimum Gasteiger partial charge on any atom is -0.289 e. The molecule has 3 heteroatoms. The molecule has 2 rings (SSSR count). The Kier molecular flexibility index (Phi) is 6.24. The van der Waals surface area contributed by atoms with Crippen LogP contribution in [0.5, 0.6) is 0 Å². The molecule has 0 aromatic heterocycles. The summed E-state index contributed by atoms with van der Waals surface area (Å²) in [5.74, 6) is 0.871. The third-order valence-electron chi connectivity index (χ3n) is 3.68. The number of hydrogen-bond acceptors (Lipinski definition) is 3. The molecule has 1 aliphatic carbocycles. The molecule has 2 nitrogen and oxygen atoms in total. The van der Waals surface area contributed by atoms with Gasteiger partial charge in [0.25, 0.3) is 0 Å². The fourth-order valence-corrected chi connectivity index (χ4v) is 3.46. The highest BCUT2D eigenvalue weighted by molar-refractivity contribution is 8.04. The van der Waals surface area contributed by atoms with Crippen LogP contribution in [-0.2, 0) is 0 Å². The summed E-state index contributed by atoms with van der Waals surface area (Å²) in [6, 6.07) is 7.08. The highest BCUT2D eigenvalue weighted by atomic mass is 32.2. The van der Waals surface area contributed by atoms with Crippen molar-refractivity contribution in [1.82, 2.24) is 0 Å². The monoisotopic (exact) mass is 302 g/mol. The first-order valence-electron chi connectivity index (χ1n) is 7.76. The number of carbonyl (C=O) groups excluding carboxylic acids is 2. The molecule has 0 heterocycles. The highest BCUT2D eigenvalue weighted by Crippen LogP contribution is 2.28. The van der Waals surface area contributed by atoms with Crippen LogP contribution in [0.1, 0.15) is 66.2 Å². The van der Waals surface area contributed by atoms with Gasteiger partial charge in [0.15, 0.2) is 11.6 Å². The molecule has 0 unspecified atom stereocenters. The second-order valence-corrected chi connectivity index (χ2v) is 6.50. The zero-order valence-electron chi connectivity index (χ0n) is 12.6. The van der Waals surface area contributed by atoms with Crippen molar-refractivity contribution in [2.45, 2.75) is 45.4 Å².